The van der Waals surface area contributed by atoms with E-state index in [1.165, 1.54) is 12.8 Å². The molecule has 0 aromatic heterocycles. The molecule has 2 atom stereocenters. The highest BCUT2D eigenvalue weighted by atomic mass is 35.5. The van der Waals surface area contributed by atoms with Crippen molar-refractivity contribution >= 4 is 11.6 Å². The molecule has 1 aromatic carbocycles. The largest absolute Gasteiger partial charge is 0.491 e. The van der Waals surface area contributed by atoms with Gasteiger partial charge < -0.3 is 14.6 Å². The first-order valence-corrected chi connectivity index (χ1v) is 8.25. The standard InChI is InChI=1S/C17H23ClO3/c18-14-4-3-5-15(10-14)20-12-16(19)13-6-9-21-17(11-13)7-1-2-8-17/h3-5,10,13,16,19H,1-2,6-9,11-12H2. The Balaban J connectivity index is 1.54. The summed E-state index contributed by atoms with van der Waals surface area (Å²) in [6, 6.07) is 7.30. The lowest BCUT2D eigenvalue weighted by atomic mass is 9.82. The lowest BCUT2D eigenvalue weighted by Crippen LogP contribution is -2.42. The summed E-state index contributed by atoms with van der Waals surface area (Å²) in [5.41, 5.74) is 0.0416. The molecule has 1 saturated heterocycles. The van der Waals surface area contributed by atoms with Crippen molar-refractivity contribution in [1.82, 2.24) is 0 Å². The van der Waals surface area contributed by atoms with Crippen molar-refractivity contribution in [2.75, 3.05) is 13.2 Å². The number of hydrogen-bond acceptors (Lipinski definition) is 3. The number of aliphatic hydroxyl groups excluding tert-OH is 1. The fraction of sp³-hybridized carbons (Fsp3) is 0.647. The van der Waals surface area contributed by atoms with E-state index in [2.05, 4.69) is 0 Å². The molecule has 0 amide bonds. The molecule has 4 heteroatoms. The van der Waals surface area contributed by atoms with E-state index in [0.29, 0.717) is 17.4 Å². The minimum Gasteiger partial charge on any atom is -0.491 e. The van der Waals surface area contributed by atoms with Crippen LogP contribution < -0.4 is 4.74 Å². The molecule has 2 fully saturated rings. The van der Waals surface area contributed by atoms with Gasteiger partial charge in [-0.1, -0.05) is 30.5 Å². The Bertz CT molecular complexity index is 471. The van der Waals surface area contributed by atoms with Gasteiger partial charge in [0, 0.05) is 11.6 Å². The van der Waals surface area contributed by atoms with Crippen molar-refractivity contribution in [3.63, 3.8) is 0 Å². The molecule has 2 unspecified atom stereocenters. The zero-order valence-corrected chi connectivity index (χ0v) is 13.0. The zero-order valence-electron chi connectivity index (χ0n) is 12.3. The van der Waals surface area contributed by atoms with Crippen LogP contribution in [0, 0.1) is 5.92 Å². The Kier molecular flexibility index (Phi) is 4.72. The van der Waals surface area contributed by atoms with Crippen LogP contribution >= 0.6 is 11.6 Å². The Hall–Kier alpha value is -0.770. The molecule has 1 N–H and O–H groups in total. The number of aliphatic hydroxyl groups is 1. The molecule has 1 aromatic rings. The van der Waals surface area contributed by atoms with Crippen molar-refractivity contribution < 1.29 is 14.6 Å². The molecule has 1 aliphatic carbocycles. The van der Waals surface area contributed by atoms with Crippen molar-refractivity contribution in [2.45, 2.75) is 50.2 Å². The van der Waals surface area contributed by atoms with Gasteiger partial charge in [0.15, 0.2) is 0 Å². The monoisotopic (exact) mass is 310 g/mol. The molecule has 1 heterocycles. The number of hydrogen-bond donors (Lipinski definition) is 1. The molecule has 1 spiro atoms. The van der Waals surface area contributed by atoms with Gasteiger partial charge in [-0.2, -0.15) is 0 Å². The highest BCUT2D eigenvalue weighted by molar-refractivity contribution is 6.30. The fourth-order valence-electron chi connectivity index (χ4n) is 3.64. The SMILES string of the molecule is OC(COc1cccc(Cl)c1)C1CCOC2(CCCC2)C1. The molecule has 21 heavy (non-hydrogen) atoms. The lowest BCUT2D eigenvalue weighted by Gasteiger charge is -2.39. The number of rotatable bonds is 4. The van der Waals surface area contributed by atoms with Crippen molar-refractivity contribution in [1.29, 1.82) is 0 Å². The summed E-state index contributed by atoms with van der Waals surface area (Å²) in [4.78, 5) is 0. The molecule has 1 saturated carbocycles. The quantitative estimate of drug-likeness (QED) is 0.919. The predicted octanol–water partition coefficient (Wildman–Crippen LogP) is 3.82. The summed E-state index contributed by atoms with van der Waals surface area (Å²) in [5.74, 6) is 0.986. The van der Waals surface area contributed by atoms with Crippen molar-refractivity contribution in [3.05, 3.63) is 29.3 Å². The third kappa shape index (κ3) is 3.71. The van der Waals surface area contributed by atoms with Crippen molar-refractivity contribution in [2.24, 2.45) is 5.92 Å². The molecular formula is C17H23ClO3. The average Bonchev–Trinajstić information content (AvgIpc) is 2.93. The van der Waals surface area contributed by atoms with Gasteiger partial charge >= 0.3 is 0 Å². The van der Waals surface area contributed by atoms with Crippen LogP contribution in [0.3, 0.4) is 0 Å². The zero-order chi connectivity index (χ0) is 14.7. The van der Waals surface area contributed by atoms with Gasteiger partial charge in [-0.25, -0.2) is 0 Å². The normalized spacial score (nSPS) is 25.9. The van der Waals surface area contributed by atoms with Crippen LogP contribution in [0.2, 0.25) is 5.02 Å². The molecular weight excluding hydrogens is 288 g/mol. The highest BCUT2D eigenvalue weighted by Crippen LogP contribution is 2.42. The van der Waals surface area contributed by atoms with Crippen LogP contribution in [0.15, 0.2) is 24.3 Å². The van der Waals surface area contributed by atoms with E-state index < -0.39 is 6.10 Å². The fourth-order valence-corrected chi connectivity index (χ4v) is 3.82. The second-order valence-corrected chi connectivity index (χ2v) is 6.76. The number of benzene rings is 1. The van der Waals surface area contributed by atoms with E-state index >= 15 is 0 Å². The van der Waals surface area contributed by atoms with Crippen LogP contribution in [-0.4, -0.2) is 30.0 Å². The Morgan fingerprint density at radius 2 is 2.19 bits per heavy atom. The third-order valence-corrected chi connectivity index (χ3v) is 5.04. The van der Waals surface area contributed by atoms with Gasteiger partial charge in [0.2, 0.25) is 0 Å². The summed E-state index contributed by atoms with van der Waals surface area (Å²) in [6.45, 7) is 1.08. The molecule has 0 bridgehead atoms. The summed E-state index contributed by atoms with van der Waals surface area (Å²) >= 11 is 5.93. The van der Waals surface area contributed by atoms with Crippen LogP contribution in [-0.2, 0) is 4.74 Å². The van der Waals surface area contributed by atoms with Crippen LogP contribution in [0.25, 0.3) is 0 Å². The maximum atomic E-state index is 10.4. The van der Waals surface area contributed by atoms with Crippen LogP contribution in [0.4, 0.5) is 0 Å². The van der Waals surface area contributed by atoms with E-state index in [9.17, 15) is 5.11 Å². The van der Waals surface area contributed by atoms with Crippen LogP contribution in [0.5, 0.6) is 5.75 Å². The van der Waals surface area contributed by atoms with E-state index in [0.717, 1.165) is 32.3 Å². The molecule has 2 aliphatic rings. The third-order valence-electron chi connectivity index (χ3n) is 4.81. The van der Waals surface area contributed by atoms with Gasteiger partial charge in [-0.15, -0.1) is 0 Å². The van der Waals surface area contributed by atoms with Gasteiger partial charge in [-0.05, 0) is 49.8 Å². The van der Waals surface area contributed by atoms with E-state index in [-0.39, 0.29) is 11.5 Å². The summed E-state index contributed by atoms with van der Waals surface area (Å²) in [5, 5.41) is 11.1. The van der Waals surface area contributed by atoms with E-state index in [1.54, 1.807) is 6.07 Å². The Morgan fingerprint density at radius 3 is 2.95 bits per heavy atom. The first-order valence-electron chi connectivity index (χ1n) is 7.87. The molecule has 1 aliphatic heterocycles. The molecule has 0 radical (unpaired) electrons. The topological polar surface area (TPSA) is 38.7 Å². The first-order chi connectivity index (χ1) is 10.2. The molecule has 116 valence electrons. The highest BCUT2D eigenvalue weighted by Gasteiger charge is 2.41. The number of ether oxygens (including phenoxy) is 2. The van der Waals surface area contributed by atoms with E-state index in [4.69, 9.17) is 21.1 Å². The van der Waals surface area contributed by atoms with Gasteiger partial charge in [0.1, 0.15) is 12.4 Å². The Labute approximate surface area is 131 Å². The number of halogens is 1. The first kappa shape index (κ1) is 15.1. The summed E-state index contributed by atoms with van der Waals surface area (Å²) < 4.78 is 11.7. The summed E-state index contributed by atoms with van der Waals surface area (Å²) in [7, 11) is 0. The molecule has 3 rings (SSSR count). The summed E-state index contributed by atoms with van der Waals surface area (Å²) in [6.07, 6.45) is 6.24. The second-order valence-electron chi connectivity index (χ2n) is 6.33. The maximum Gasteiger partial charge on any atom is 0.120 e. The second kappa shape index (κ2) is 6.55. The minimum absolute atomic E-state index is 0.0416. The van der Waals surface area contributed by atoms with Gasteiger partial charge in [0.25, 0.3) is 0 Å². The van der Waals surface area contributed by atoms with Gasteiger partial charge in [0.05, 0.1) is 11.7 Å². The Morgan fingerprint density at radius 1 is 1.38 bits per heavy atom. The minimum atomic E-state index is -0.439. The lowest BCUT2D eigenvalue weighted by molar-refractivity contribution is -0.116. The molecule has 3 nitrogen and oxygen atoms in total. The maximum absolute atomic E-state index is 10.4. The smallest absolute Gasteiger partial charge is 0.120 e. The van der Waals surface area contributed by atoms with Crippen molar-refractivity contribution in [3.8, 4) is 5.75 Å². The average molecular weight is 311 g/mol. The predicted molar refractivity (Wildman–Crippen MR) is 82.8 cm³/mol. The van der Waals surface area contributed by atoms with E-state index in [1.807, 2.05) is 18.2 Å². The van der Waals surface area contributed by atoms with Crippen LogP contribution in [0.1, 0.15) is 38.5 Å². The van der Waals surface area contributed by atoms with Gasteiger partial charge in [-0.3, -0.25) is 0 Å².